The molecule has 1 N–H and O–H groups in total. The number of amidine groups is 1. The summed E-state index contributed by atoms with van der Waals surface area (Å²) in [7, 11) is -3.44. The summed E-state index contributed by atoms with van der Waals surface area (Å²) in [6.45, 7) is 3.24. The molecule has 0 aliphatic carbocycles. The van der Waals surface area contributed by atoms with Gasteiger partial charge in [-0.15, -0.1) is 0 Å². The van der Waals surface area contributed by atoms with Crippen molar-refractivity contribution in [3.63, 3.8) is 0 Å². The summed E-state index contributed by atoms with van der Waals surface area (Å²) >= 11 is 0. The van der Waals surface area contributed by atoms with E-state index in [4.69, 9.17) is 4.74 Å². The maximum absolute atomic E-state index is 11.9. The Balaban J connectivity index is 1.91. The van der Waals surface area contributed by atoms with Crippen LogP contribution in [0, 0.1) is 0 Å². The van der Waals surface area contributed by atoms with E-state index in [-0.39, 0.29) is 5.60 Å². The third-order valence-corrected chi connectivity index (χ3v) is 4.93. The smallest absolute Gasteiger partial charge is 0.263 e. The molecular formula is C13H16N2O3S. The van der Waals surface area contributed by atoms with Crippen LogP contribution in [0.1, 0.15) is 25.3 Å². The lowest BCUT2D eigenvalue weighted by molar-refractivity contribution is 0.0284. The molecule has 5 nitrogen and oxygen atoms in total. The van der Waals surface area contributed by atoms with Crippen LogP contribution in [-0.4, -0.2) is 33.0 Å². The molecule has 1 aromatic rings. The van der Waals surface area contributed by atoms with Gasteiger partial charge in [0.15, 0.2) is 0 Å². The topological polar surface area (TPSA) is 67.8 Å². The summed E-state index contributed by atoms with van der Waals surface area (Å²) in [4.78, 5) is 4.71. The lowest BCUT2D eigenvalue weighted by atomic mass is 10.0. The van der Waals surface area contributed by atoms with Gasteiger partial charge < -0.3 is 4.74 Å². The van der Waals surface area contributed by atoms with E-state index in [1.165, 1.54) is 0 Å². The molecule has 19 heavy (non-hydrogen) atoms. The molecule has 2 heterocycles. The molecule has 0 saturated carbocycles. The van der Waals surface area contributed by atoms with Gasteiger partial charge in [-0.25, -0.2) is 8.42 Å². The summed E-state index contributed by atoms with van der Waals surface area (Å²) in [5.41, 5.74) is 0.375. The predicted molar refractivity (Wildman–Crippen MR) is 71.8 cm³/mol. The Morgan fingerprint density at radius 2 is 2.21 bits per heavy atom. The molecule has 0 aromatic heterocycles. The monoisotopic (exact) mass is 280 g/mol. The Kier molecular flexibility index (Phi) is 2.87. The van der Waals surface area contributed by atoms with Crippen molar-refractivity contribution in [2.75, 3.05) is 13.2 Å². The van der Waals surface area contributed by atoms with Crippen molar-refractivity contribution in [2.24, 2.45) is 4.99 Å². The van der Waals surface area contributed by atoms with Crippen molar-refractivity contribution >= 4 is 15.9 Å². The Bertz CT molecular complexity index is 631. The standard InChI is InChI=1S/C13H16N2O3S/c1-13(7-4-8-18-13)9-14-12-10-5-2-3-6-11(10)19(16,17)15-12/h2-3,5-6H,4,7-9H2,1H3,(H,14,15). The van der Waals surface area contributed by atoms with Gasteiger partial charge in [-0.05, 0) is 31.9 Å². The number of rotatable bonds is 2. The van der Waals surface area contributed by atoms with Crippen LogP contribution in [0.25, 0.3) is 0 Å². The molecule has 1 unspecified atom stereocenters. The minimum Gasteiger partial charge on any atom is -0.373 e. The Morgan fingerprint density at radius 3 is 2.95 bits per heavy atom. The second kappa shape index (κ2) is 4.31. The van der Waals surface area contributed by atoms with Crippen LogP contribution in [-0.2, 0) is 14.8 Å². The lowest BCUT2D eigenvalue weighted by Crippen LogP contribution is -2.30. The number of fused-ring (bicyclic) bond motifs is 1. The van der Waals surface area contributed by atoms with Gasteiger partial charge in [0.25, 0.3) is 10.0 Å². The molecule has 2 aliphatic rings. The number of sulfonamides is 1. The molecule has 0 bridgehead atoms. The highest BCUT2D eigenvalue weighted by Gasteiger charge is 2.33. The number of hydrogen-bond donors (Lipinski definition) is 1. The average Bonchev–Trinajstić information content (AvgIpc) is 2.91. The molecule has 1 saturated heterocycles. The number of benzene rings is 1. The summed E-state index contributed by atoms with van der Waals surface area (Å²) in [6, 6.07) is 6.88. The van der Waals surface area contributed by atoms with Gasteiger partial charge in [0.05, 0.1) is 17.0 Å². The normalized spacial score (nSPS) is 30.3. The quantitative estimate of drug-likeness (QED) is 0.887. The molecule has 0 radical (unpaired) electrons. The maximum Gasteiger partial charge on any atom is 0.263 e. The largest absolute Gasteiger partial charge is 0.373 e. The molecule has 1 aromatic carbocycles. The molecule has 1 atom stereocenters. The Labute approximate surface area is 112 Å². The average molecular weight is 280 g/mol. The van der Waals surface area contributed by atoms with E-state index in [0.29, 0.717) is 22.8 Å². The summed E-state index contributed by atoms with van der Waals surface area (Å²) in [5.74, 6) is 0.423. The first-order valence-electron chi connectivity index (χ1n) is 6.31. The van der Waals surface area contributed by atoms with Gasteiger partial charge in [-0.3, -0.25) is 9.71 Å². The Morgan fingerprint density at radius 1 is 1.42 bits per heavy atom. The second-order valence-corrected chi connectivity index (χ2v) is 6.82. The number of ether oxygens (including phenoxy) is 1. The van der Waals surface area contributed by atoms with E-state index in [1.54, 1.807) is 18.2 Å². The molecular weight excluding hydrogens is 264 g/mol. The number of nitrogens with zero attached hydrogens (tertiary/aromatic N) is 1. The zero-order chi connectivity index (χ0) is 13.5. The van der Waals surface area contributed by atoms with Crippen LogP contribution in [0.2, 0.25) is 0 Å². The van der Waals surface area contributed by atoms with E-state index < -0.39 is 10.0 Å². The van der Waals surface area contributed by atoms with Crippen molar-refractivity contribution in [3.05, 3.63) is 29.8 Å². The van der Waals surface area contributed by atoms with Crippen LogP contribution in [0.3, 0.4) is 0 Å². The number of hydrogen-bond acceptors (Lipinski definition) is 4. The van der Waals surface area contributed by atoms with E-state index in [1.807, 2.05) is 13.0 Å². The minimum absolute atomic E-state index is 0.268. The van der Waals surface area contributed by atoms with Gasteiger partial charge in [0, 0.05) is 12.2 Å². The molecule has 1 fully saturated rings. The van der Waals surface area contributed by atoms with E-state index in [9.17, 15) is 8.42 Å². The molecule has 2 aliphatic heterocycles. The summed E-state index contributed by atoms with van der Waals surface area (Å²) < 4.78 is 32.0. The molecule has 102 valence electrons. The van der Waals surface area contributed by atoms with Crippen LogP contribution in [0.5, 0.6) is 0 Å². The fraction of sp³-hybridized carbons (Fsp3) is 0.462. The lowest BCUT2D eigenvalue weighted by Gasteiger charge is -2.20. The summed E-state index contributed by atoms with van der Waals surface area (Å²) in [6.07, 6.45) is 1.99. The van der Waals surface area contributed by atoms with Gasteiger partial charge >= 0.3 is 0 Å². The SMILES string of the molecule is CC1(CN=C2NS(=O)(=O)c3ccccc32)CCCO1. The van der Waals surface area contributed by atoms with Crippen molar-refractivity contribution in [1.82, 2.24) is 4.72 Å². The highest BCUT2D eigenvalue weighted by molar-refractivity contribution is 7.90. The van der Waals surface area contributed by atoms with E-state index >= 15 is 0 Å². The first kappa shape index (κ1) is 12.6. The second-order valence-electron chi connectivity index (χ2n) is 5.17. The first-order valence-corrected chi connectivity index (χ1v) is 7.79. The van der Waals surface area contributed by atoms with Gasteiger partial charge in [-0.2, -0.15) is 0 Å². The molecule has 0 amide bonds. The molecule has 6 heteroatoms. The fourth-order valence-electron chi connectivity index (χ4n) is 2.46. The van der Waals surface area contributed by atoms with Crippen LogP contribution >= 0.6 is 0 Å². The molecule has 0 spiro atoms. The number of aliphatic imine (C=N–C) groups is 1. The molecule has 3 rings (SSSR count). The van der Waals surface area contributed by atoms with Crippen molar-refractivity contribution < 1.29 is 13.2 Å². The van der Waals surface area contributed by atoms with E-state index in [0.717, 1.165) is 19.4 Å². The zero-order valence-electron chi connectivity index (χ0n) is 10.7. The summed E-state index contributed by atoms with van der Waals surface area (Å²) in [5, 5.41) is 0. The van der Waals surface area contributed by atoms with Gasteiger partial charge in [0.2, 0.25) is 0 Å². The van der Waals surface area contributed by atoms with Crippen LogP contribution in [0.4, 0.5) is 0 Å². The first-order chi connectivity index (χ1) is 9.00. The predicted octanol–water partition coefficient (Wildman–Crippen LogP) is 1.29. The van der Waals surface area contributed by atoms with Crippen LogP contribution < -0.4 is 4.72 Å². The third kappa shape index (κ3) is 2.26. The van der Waals surface area contributed by atoms with Gasteiger partial charge in [-0.1, -0.05) is 12.1 Å². The Hall–Kier alpha value is -1.40. The number of nitrogens with one attached hydrogen (secondary N) is 1. The zero-order valence-corrected chi connectivity index (χ0v) is 11.5. The van der Waals surface area contributed by atoms with Crippen molar-refractivity contribution in [3.8, 4) is 0 Å². The maximum atomic E-state index is 11.9. The highest BCUT2D eigenvalue weighted by atomic mass is 32.2. The third-order valence-electron chi connectivity index (χ3n) is 3.53. The van der Waals surface area contributed by atoms with Crippen molar-refractivity contribution in [1.29, 1.82) is 0 Å². The van der Waals surface area contributed by atoms with E-state index in [2.05, 4.69) is 9.71 Å². The minimum atomic E-state index is -3.44. The van der Waals surface area contributed by atoms with Crippen molar-refractivity contribution in [2.45, 2.75) is 30.3 Å². The fourth-order valence-corrected chi connectivity index (χ4v) is 3.71. The van der Waals surface area contributed by atoms with Gasteiger partial charge in [0.1, 0.15) is 5.84 Å². The van der Waals surface area contributed by atoms with Crippen LogP contribution in [0.15, 0.2) is 34.2 Å². The highest BCUT2D eigenvalue weighted by Crippen LogP contribution is 2.27.